The van der Waals surface area contributed by atoms with Crippen LogP contribution in [0.4, 0.5) is 0 Å². The molecule has 0 saturated carbocycles. The molecule has 1 aliphatic heterocycles. The summed E-state index contributed by atoms with van der Waals surface area (Å²) in [4.78, 5) is 18.1. The molecule has 5 nitrogen and oxygen atoms in total. The van der Waals surface area contributed by atoms with Gasteiger partial charge in [0.05, 0.1) is 5.92 Å². The van der Waals surface area contributed by atoms with Gasteiger partial charge >= 0.3 is 0 Å². The van der Waals surface area contributed by atoms with Crippen molar-refractivity contribution in [2.24, 2.45) is 0 Å². The minimum absolute atomic E-state index is 0.0955. The third-order valence-corrected chi connectivity index (χ3v) is 3.61. The standard InChI is InChI=1S/C13H11Cl2N3O2/c1-7-16-12(20-17-7)9-5-18(6-9)13(19)8-2-10(14)4-11(15)3-8/h2-4,9H,5-6H2,1H3. The molecule has 1 aromatic heterocycles. The van der Waals surface area contributed by atoms with Gasteiger partial charge in [-0.05, 0) is 25.1 Å². The van der Waals surface area contributed by atoms with E-state index in [9.17, 15) is 4.79 Å². The summed E-state index contributed by atoms with van der Waals surface area (Å²) in [6.45, 7) is 2.89. The van der Waals surface area contributed by atoms with Crippen LogP contribution >= 0.6 is 23.2 Å². The molecule has 0 bridgehead atoms. The Kier molecular flexibility index (Phi) is 3.40. The fraction of sp³-hybridized carbons (Fsp3) is 0.308. The first-order valence-electron chi connectivity index (χ1n) is 6.08. The molecule has 7 heteroatoms. The Morgan fingerprint density at radius 3 is 2.50 bits per heavy atom. The smallest absolute Gasteiger partial charge is 0.254 e. The molecule has 0 unspecified atom stereocenters. The van der Waals surface area contributed by atoms with E-state index in [4.69, 9.17) is 27.7 Å². The van der Waals surface area contributed by atoms with E-state index in [2.05, 4.69) is 10.1 Å². The molecule has 0 N–H and O–H groups in total. The van der Waals surface area contributed by atoms with Gasteiger partial charge < -0.3 is 9.42 Å². The molecule has 20 heavy (non-hydrogen) atoms. The van der Waals surface area contributed by atoms with E-state index in [1.807, 2.05) is 0 Å². The van der Waals surface area contributed by atoms with Gasteiger partial charge in [-0.25, -0.2) is 0 Å². The van der Waals surface area contributed by atoms with Crippen molar-refractivity contribution in [2.45, 2.75) is 12.8 Å². The third kappa shape index (κ3) is 2.51. The number of hydrogen-bond donors (Lipinski definition) is 0. The van der Waals surface area contributed by atoms with Crippen LogP contribution in [0.5, 0.6) is 0 Å². The van der Waals surface area contributed by atoms with Crippen LogP contribution in [0.1, 0.15) is 28.0 Å². The highest BCUT2D eigenvalue weighted by Gasteiger charge is 2.35. The van der Waals surface area contributed by atoms with Crippen LogP contribution in [0.2, 0.25) is 10.0 Å². The lowest BCUT2D eigenvalue weighted by molar-refractivity contribution is 0.0569. The average molecular weight is 312 g/mol. The van der Waals surface area contributed by atoms with Gasteiger partial charge in [0.25, 0.3) is 5.91 Å². The van der Waals surface area contributed by atoms with Gasteiger partial charge in [-0.2, -0.15) is 4.98 Å². The molecule has 2 aromatic rings. The molecular weight excluding hydrogens is 301 g/mol. The summed E-state index contributed by atoms with van der Waals surface area (Å²) in [5, 5.41) is 4.65. The van der Waals surface area contributed by atoms with Crippen LogP contribution in [0.25, 0.3) is 0 Å². The molecule has 104 valence electrons. The van der Waals surface area contributed by atoms with E-state index in [0.29, 0.717) is 40.4 Å². The maximum Gasteiger partial charge on any atom is 0.254 e. The van der Waals surface area contributed by atoms with Crippen LogP contribution in [0.3, 0.4) is 0 Å². The number of carbonyl (C=O) groups excluding carboxylic acids is 1. The number of rotatable bonds is 2. The SMILES string of the molecule is Cc1noc(C2CN(C(=O)c3cc(Cl)cc(Cl)c3)C2)n1. The van der Waals surface area contributed by atoms with Crippen molar-refractivity contribution in [1.29, 1.82) is 0 Å². The Labute approximate surface area is 125 Å². The fourth-order valence-corrected chi connectivity index (χ4v) is 2.67. The minimum atomic E-state index is -0.0955. The Balaban J connectivity index is 1.69. The number of benzene rings is 1. The van der Waals surface area contributed by atoms with Gasteiger partial charge in [0.1, 0.15) is 0 Å². The zero-order valence-electron chi connectivity index (χ0n) is 10.6. The van der Waals surface area contributed by atoms with E-state index in [1.165, 1.54) is 0 Å². The first-order valence-corrected chi connectivity index (χ1v) is 6.84. The lowest BCUT2D eigenvalue weighted by atomic mass is 9.99. The van der Waals surface area contributed by atoms with Crippen molar-refractivity contribution in [3.8, 4) is 0 Å². The Bertz CT molecular complexity index is 645. The number of aromatic nitrogens is 2. The van der Waals surface area contributed by atoms with Crippen LogP contribution < -0.4 is 0 Å². The lowest BCUT2D eigenvalue weighted by Crippen LogP contribution is -2.48. The molecule has 0 radical (unpaired) electrons. The van der Waals surface area contributed by atoms with E-state index in [0.717, 1.165) is 0 Å². The predicted molar refractivity (Wildman–Crippen MR) is 74.1 cm³/mol. The second-order valence-corrected chi connectivity index (χ2v) is 5.62. The quantitative estimate of drug-likeness (QED) is 0.855. The Morgan fingerprint density at radius 2 is 1.95 bits per heavy atom. The molecule has 1 fully saturated rings. The average Bonchev–Trinajstić information content (AvgIpc) is 2.72. The first kappa shape index (κ1) is 13.4. The number of hydrogen-bond acceptors (Lipinski definition) is 4. The summed E-state index contributed by atoms with van der Waals surface area (Å²) in [5.41, 5.74) is 0.489. The number of amides is 1. The highest BCUT2D eigenvalue weighted by atomic mass is 35.5. The third-order valence-electron chi connectivity index (χ3n) is 3.17. The topological polar surface area (TPSA) is 59.2 Å². The molecular formula is C13H11Cl2N3O2. The molecule has 1 saturated heterocycles. The van der Waals surface area contributed by atoms with Gasteiger partial charge in [-0.15, -0.1) is 0 Å². The van der Waals surface area contributed by atoms with Gasteiger partial charge in [0.15, 0.2) is 5.82 Å². The molecule has 3 rings (SSSR count). The van der Waals surface area contributed by atoms with Crippen LogP contribution in [-0.2, 0) is 0 Å². The minimum Gasteiger partial charge on any atom is -0.339 e. The number of aryl methyl sites for hydroxylation is 1. The second kappa shape index (κ2) is 5.07. The number of likely N-dealkylation sites (tertiary alicyclic amines) is 1. The van der Waals surface area contributed by atoms with Gasteiger partial charge in [0.2, 0.25) is 5.89 Å². The van der Waals surface area contributed by atoms with Crippen molar-refractivity contribution in [1.82, 2.24) is 15.0 Å². The largest absolute Gasteiger partial charge is 0.339 e. The number of carbonyl (C=O) groups is 1. The summed E-state index contributed by atoms with van der Waals surface area (Å²) in [7, 11) is 0. The Morgan fingerprint density at radius 1 is 1.30 bits per heavy atom. The molecule has 0 aliphatic carbocycles. The summed E-state index contributed by atoms with van der Waals surface area (Å²) in [5.74, 6) is 1.19. The lowest BCUT2D eigenvalue weighted by Gasteiger charge is -2.37. The monoisotopic (exact) mass is 311 g/mol. The first-order chi connectivity index (χ1) is 9.52. The van der Waals surface area contributed by atoms with E-state index in [-0.39, 0.29) is 11.8 Å². The van der Waals surface area contributed by atoms with Crippen molar-refractivity contribution in [3.05, 3.63) is 45.5 Å². The normalized spacial score (nSPS) is 15.2. The molecule has 1 aromatic carbocycles. The maximum absolute atomic E-state index is 12.3. The fourth-order valence-electron chi connectivity index (χ4n) is 2.14. The van der Waals surface area contributed by atoms with Crippen LogP contribution in [0, 0.1) is 6.92 Å². The van der Waals surface area contributed by atoms with E-state index >= 15 is 0 Å². The summed E-state index contributed by atoms with van der Waals surface area (Å²) in [6.07, 6.45) is 0. The molecule has 1 amide bonds. The number of halogens is 2. The molecule has 0 atom stereocenters. The van der Waals surface area contributed by atoms with Crippen LogP contribution in [0.15, 0.2) is 22.7 Å². The van der Waals surface area contributed by atoms with Crippen molar-refractivity contribution >= 4 is 29.1 Å². The number of nitrogens with zero attached hydrogens (tertiary/aromatic N) is 3. The highest BCUT2D eigenvalue weighted by molar-refractivity contribution is 6.35. The van der Waals surface area contributed by atoms with Crippen molar-refractivity contribution < 1.29 is 9.32 Å². The van der Waals surface area contributed by atoms with Crippen molar-refractivity contribution in [2.75, 3.05) is 13.1 Å². The van der Waals surface area contributed by atoms with E-state index in [1.54, 1.807) is 30.0 Å². The van der Waals surface area contributed by atoms with Gasteiger partial charge in [0, 0.05) is 28.7 Å². The molecule has 0 spiro atoms. The second-order valence-electron chi connectivity index (χ2n) is 4.75. The van der Waals surface area contributed by atoms with Crippen LogP contribution in [-0.4, -0.2) is 34.0 Å². The highest BCUT2D eigenvalue weighted by Crippen LogP contribution is 2.28. The van der Waals surface area contributed by atoms with E-state index < -0.39 is 0 Å². The molecule has 2 heterocycles. The molecule has 1 aliphatic rings. The zero-order valence-corrected chi connectivity index (χ0v) is 12.1. The predicted octanol–water partition coefficient (Wildman–Crippen LogP) is 2.92. The van der Waals surface area contributed by atoms with Crippen molar-refractivity contribution in [3.63, 3.8) is 0 Å². The zero-order chi connectivity index (χ0) is 14.3. The summed E-state index contributed by atoms with van der Waals surface area (Å²) >= 11 is 11.8. The summed E-state index contributed by atoms with van der Waals surface area (Å²) in [6, 6.07) is 4.82. The van der Waals surface area contributed by atoms with Gasteiger partial charge in [-0.3, -0.25) is 4.79 Å². The van der Waals surface area contributed by atoms with Gasteiger partial charge in [-0.1, -0.05) is 28.4 Å². The summed E-state index contributed by atoms with van der Waals surface area (Å²) < 4.78 is 5.10. The Hall–Kier alpha value is -1.59. The maximum atomic E-state index is 12.3.